The first kappa shape index (κ1) is 7.53. The maximum atomic E-state index is 12.3. The molecule has 0 bridgehead atoms. The summed E-state index contributed by atoms with van der Waals surface area (Å²) in [5, 5.41) is 17.1. The Hall–Kier alpha value is -1.58. The van der Waals surface area contributed by atoms with Gasteiger partial charge in [-0.1, -0.05) is 0 Å². The second kappa shape index (κ2) is 2.57. The number of carboxylic acids is 1. The van der Waals surface area contributed by atoms with E-state index in [0.29, 0.717) is 0 Å². The van der Waals surface area contributed by atoms with Gasteiger partial charge >= 0.3 is 5.97 Å². The lowest BCUT2D eigenvalue weighted by atomic mass is 10.2. The highest BCUT2D eigenvalue weighted by atomic mass is 19.1. The Balaban J connectivity index is 3.23. The van der Waals surface area contributed by atoms with Crippen LogP contribution in [0.25, 0.3) is 0 Å². The maximum absolute atomic E-state index is 12.3. The van der Waals surface area contributed by atoms with Crippen LogP contribution >= 0.6 is 0 Å². The van der Waals surface area contributed by atoms with E-state index in [9.17, 15) is 9.18 Å². The minimum Gasteiger partial charge on any atom is -0.506 e. The van der Waals surface area contributed by atoms with E-state index < -0.39 is 23.1 Å². The number of benzene rings is 1. The molecule has 0 fully saturated rings. The van der Waals surface area contributed by atoms with E-state index >= 15 is 0 Å². The summed E-state index contributed by atoms with van der Waals surface area (Å²) in [5.41, 5.74) is -0.481. The molecule has 4 heteroatoms. The number of rotatable bonds is 1. The summed E-state index contributed by atoms with van der Waals surface area (Å²) in [5.74, 6) is -2.67. The second-order valence-electron chi connectivity index (χ2n) is 1.89. The quantitative estimate of drug-likeness (QED) is 0.636. The molecule has 0 saturated carbocycles. The van der Waals surface area contributed by atoms with Crippen molar-refractivity contribution in [3.05, 3.63) is 29.6 Å². The van der Waals surface area contributed by atoms with Gasteiger partial charge in [0.15, 0.2) is 0 Å². The number of phenols is 1. The van der Waals surface area contributed by atoms with Gasteiger partial charge in [0.2, 0.25) is 0 Å². The van der Waals surface area contributed by atoms with E-state index in [1.54, 1.807) is 0 Å². The van der Waals surface area contributed by atoms with Crippen LogP contribution in [0.2, 0.25) is 0 Å². The van der Waals surface area contributed by atoms with Crippen LogP contribution in [0.3, 0.4) is 0 Å². The van der Waals surface area contributed by atoms with Crippen molar-refractivity contribution >= 4 is 5.97 Å². The predicted octanol–water partition coefficient (Wildman–Crippen LogP) is 1.03. The normalized spacial score (nSPS) is 9.55. The molecule has 57 valence electrons. The Morgan fingerprint density at radius 3 is 2.73 bits per heavy atom. The molecule has 0 amide bonds. The van der Waals surface area contributed by atoms with Crippen molar-refractivity contribution in [1.29, 1.82) is 0 Å². The van der Waals surface area contributed by atoms with Crippen LogP contribution in [0.4, 0.5) is 4.39 Å². The highest BCUT2D eigenvalue weighted by Crippen LogP contribution is 2.16. The van der Waals surface area contributed by atoms with Gasteiger partial charge in [0.1, 0.15) is 17.1 Å². The summed E-state index contributed by atoms with van der Waals surface area (Å²) in [6.45, 7) is 0. The summed E-state index contributed by atoms with van der Waals surface area (Å²) in [7, 11) is 0. The fraction of sp³-hybridized carbons (Fsp3) is 0. The van der Waals surface area contributed by atoms with Gasteiger partial charge in [-0.2, -0.15) is 0 Å². The number of hydrogen-bond donors (Lipinski definition) is 2. The molecule has 1 aromatic carbocycles. The van der Waals surface area contributed by atoms with Crippen LogP contribution < -0.4 is 0 Å². The molecule has 1 aromatic rings. The summed E-state index contributed by atoms with van der Waals surface area (Å²) < 4.78 is 12.3. The van der Waals surface area contributed by atoms with Gasteiger partial charge in [-0.05, 0) is 12.1 Å². The number of aromatic hydroxyl groups is 1. The van der Waals surface area contributed by atoms with Gasteiger partial charge in [-0.3, -0.25) is 0 Å². The van der Waals surface area contributed by atoms with Crippen molar-refractivity contribution in [1.82, 2.24) is 0 Å². The van der Waals surface area contributed by atoms with Crippen molar-refractivity contribution in [3.63, 3.8) is 0 Å². The molecular formula is C7H4FO3. The average Bonchev–Trinajstić information content (AvgIpc) is 1.94. The fourth-order valence-corrected chi connectivity index (χ4v) is 0.626. The zero-order valence-electron chi connectivity index (χ0n) is 5.34. The summed E-state index contributed by atoms with van der Waals surface area (Å²) >= 11 is 0. The molecule has 0 aliphatic rings. The second-order valence-corrected chi connectivity index (χ2v) is 1.89. The Labute approximate surface area is 61.7 Å². The van der Waals surface area contributed by atoms with Crippen LogP contribution in [0.15, 0.2) is 12.1 Å². The van der Waals surface area contributed by atoms with E-state index in [0.717, 1.165) is 12.1 Å². The third-order valence-corrected chi connectivity index (χ3v) is 1.11. The standard InChI is InChI=1S/C7H4FO3/c8-4-1-2-6(9)5(3-4)7(10)11/h1,3,9H,(H,10,11). The maximum Gasteiger partial charge on any atom is 0.339 e. The van der Waals surface area contributed by atoms with Gasteiger partial charge in [0.25, 0.3) is 0 Å². The van der Waals surface area contributed by atoms with E-state index in [2.05, 4.69) is 0 Å². The van der Waals surface area contributed by atoms with Crippen molar-refractivity contribution in [2.75, 3.05) is 0 Å². The lowest BCUT2D eigenvalue weighted by Gasteiger charge is -1.96. The van der Waals surface area contributed by atoms with E-state index in [-0.39, 0.29) is 0 Å². The molecular weight excluding hydrogens is 151 g/mol. The molecule has 0 unspecified atom stereocenters. The van der Waals surface area contributed by atoms with Crippen molar-refractivity contribution in [2.24, 2.45) is 0 Å². The first-order valence-corrected chi connectivity index (χ1v) is 2.75. The smallest absolute Gasteiger partial charge is 0.339 e. The highest BCUT2D eigenvalue weighted by molar-refractivity contribution is 5.90. The molecule has 0 atom stereocenters. The Kier molecular flexibility index (Phi) is 1.76. The third kappa shape index (κ3) is 1.46. The minimum absolute atomic E-state index is 0.481. The Morgan fingerprint density at radius 1 is 1.64 bits per heavy atom. The zero-order valence-corrected chi connectivity index (χ0v) is 5.34. The van der Waals surface area contributed by atoms with Crippen LogP contribution in [0.1, 0.15) is 10.4 Å². The third-order valence-electron chi connectivity index (χ3n) is 1.11. The van der Waals surface area contributed by atoms with Gasteiger partial charge in [0, 0.05) is 6.07 Å². The van der Waals surface area contributed by atoms with E-state index in [1.807, 2.05) is 6.07 Å². The lowest BCUT2D eigenvalue weighted by Crippen LogP contribution is -1.97. The monoisotopic (exact) mass is 155 g/mol. The number of carbonyl (C=O) groups is 1. The number of hydrogen-bond acceptors (Lipinski definition) is 2. The molecule has 3 nitrogen and oxygen atoms in total. The largest absolute Gasteiger partial charge is 0.506 e. The summed E-state index contributed by atoms with van der Waals surface area (Å²) in [4.78, 5) is 10.2. The molecule has 2 N–H and O–H groups in total. The van der Waals surface area contributed by atoms with Gasteiger partial charge in [-0.15, -0.1) is 0 Å². The molecule has 0 spiro atoms. The molecule has 0 saturated heterocycles. The SMILES string of the molecule is O=C(O)c1cc(F)c[c]c1O. The van der Waals surface area contributed by atoms with Gasteiger partial charge < -0.3 is 10.2 Å². The number of halogens is 1. The van der Waals surface area contributed by atoms with Gasteiger partial charge in [0.05, 0.1) is 0 Å². The van der Waals surface area contributed by atoms with Crippen LogP contribution in [0, 0.1) is 11.9 Å². The lowest BCUT2D eigenvalue weighted by molar-refractivity contribution is 0.0693. The molecule has 0 aliphatic heterocycles. The minimum atomic E-state index is -1.38. The predicted molar refractivity (Wildman–Crippen MR) is 33.9 cm³/mol. The molecule has 1 rings (SSSR count). The first-order valence-electron chi connectivity index (χ1n) is 2.75. The van der Waals surface area contributed by atoms with Crippen molar-refractivity contribution < 1.29 is 19.4 Å². The zero-order chi connectivity index (χ0) is 8.43. The van der Waals surface area contributed by atoms with Crippen molar-refractivity contribution in [3.8, 4) is 5.75 Å². The van der Waals surface area contributed by atoms with Crippen LogP contribution in [0.5, 0.6) is 5.75 Å². The average molecular weight is 155 g/mol. The van der Waals surface area contributed by atoms with Crippen LogP contribution in [-0.2, 0) is 0 Å². The highest BCUT2D eigenvalue weighted by Gasteiger charge is 2.09. The molecule has 11 heavy (non-hydrogen) atoms. The van der Waals surface area contributed by atoms with Crippen molar-refractivity contribution in [2.45, 2.75) is 0 Å². The molecule has 1 radical (unpaired) electrons. The molecule has 0 heterocycles. The topological polar surface area (TPSA) is 57.5 Å². The summed E-state index contributed by atoms with van der Waals surface area (Å²) in [6, 6.07) is 3.64. The van der Waals surface area contributed by atoms with Crippen LogP contribution in [-0.4, -0.2) is 16.2 Å². The summed E-state index contributed by atoms with van der Waals surface area (Å²) in [6.07, 6.45) is 0. The van der Waals surface area contributed by atoms with E-state index in [4.69, 9.17) is 10.2 Å². The molecule has 0 aliphatic carbocycles. The first-order chi connectivity index (χ1) is 5.11. The fourth-order valence-electron chi connectivity index (χ4n) is 0.626. The number of aromatic carboxylic acids is 1. The Bertz CT molecular complexity index is 296. The Morgan fingerprint density at radius 2 is 2.27 bits per heavy atom. The van der Waals surface area contributed by atoms with E-state index in [1.165, 1.54) is 0 Å². The molecule has 0 aromatic heterocycles. The number of carboxylic acid groups (broad SMARTS) is 1. The van der Waals surface area contributed by atoms with Gasteiger partial charge in [-0.25, -0.2) is 9.18 Å².